The van der Waals surface area contributed by atoms with E-state index in [1.165, 1.54) is 7.11 Å². The van der Waals surface area contributed by atoms with Crippen molar-refractivity contribution in [1.29, 1.82) is 0 Å². The van der Waals surface area contributed by atoms with Gasteiger partial charge in [-0.25, -0.2) is 4.79 Å². The third-order valence-corrected chi connectivity index (χ3v) is 3.85. The van der Waals surface area contributed by atoms with Crippen molar-refractivity contribution >= 4 is 17.6 Å². The first kappa shape index (κ1) is 14.3. The fraction of sp³-hybridized carbons (Fsp3) is 0.500. The molecule has 1 atom stereocenters. The van der Waals surface area contributed by atoms with E-state index in [9.17, 15) is 4.79 Å². The highest BCUT2D eigenvalue weighted by molar-refractivity contribution is 6.31. The Balaban J connectivity index is 2.16. The number of ether oxygens (including phenoxy) is 1. The summed E-state index contributed by atoms with van der Waals surface area (Å²) in [7, 11) is 1.38. The zero-order valence-corrected chi connectivity index (χ0v) is 12.0. The average Bonchev–Trinajstić information content (AvgIpc) is 2.42. The maximum absolute atomic E-state index is 11.5. The van der Waals surface area contributed by atoms with Crippen LogP contribution >= 0.6 is 11.6 Å². The molecule has 19 heavy (non-hydrogen) atoms. The van der Waals surface area contributed by atoms with Crippen molar-refractivity contribution in [3.63, 3.8) is 0 Å². The third kappa shape index (κ3) is 3.47. The number of carbonyl (C=O) groups is 1. The van der Waals surface area contributed by atoms with Crippen molar-refractivity contribution in [2.75, 3.05) is 26.7 Å². The van der Waals surface area contributed by atoms with Gasteiger partial charge in [-0.15, -0.1) is 0 Å². The van der Waals surface area contributed by atoms with Crippen LogP contribution in [0.2, 0.25) is 5.02 Å². The lowest BCUT2D eigenvalue weighted by Gasteiger charge is -2.34. The second kappa shape index (κ2) is 6.37. The van der Waals surface area contributed by atoms with E-state index in [2.05, 4.69) is 17.1 Å². The van der Waals surface area contributed by atoms with Gasteiger partial charge in [0.05, 0.1) is 12.7 Å². The summed E-state index contributed by atoms with van der Waals surface area (Å²) in [5.74, 6) is -0.328. The van der Waals surface area contributed by atoms with E-state index in [1.54, 1.807) is 12.1 Å². The molecule has 0 spiro atoms. The molecule has 0 aromatic heterocycles. The van der Waals surface area contributed by atoms with Crippen molar-refractivity contribution in [3.8, 4) is 0 Å². The minimum Gasteiger partial charge on any atom is -0.465 e. The van der Waals surface area contributed by atoms with Gasteiger partial charge in [0.1, 0.15) is 0 Å². The normalized spacial score (nSPS) is 20.3. The Morgan fingerprint density at radius 2 is 2.37 bits per heavy atom. The predicted molar refractivity (Wildman–Crippen MR) is 75.5 cm³/mol. The van der Waals surface area contributed by atoms with Crippen LogP contribution in [0.5, 0.6) is 0 Å². The number of esters is 1. The topological polar surface area (TPSA) is 41.6 Å². The zero-order chi connectivity index (χ0) is 13.8. The Kier molecular flexibility index (Phi) is 4.80. The summed E-state index contributed by atoms with van der Waals surface area (Å²) in [6, 6.07) is 5.74. The van der Waals surface area contributed by atoms with E-state index in [0.29, 0.717) is 16.6 Å². The molecule has 0 amide bonds. The van der Waals surface area contributed by atoms with Crippen molar-refractivity contribution in [2.45, 2.75) is 19.5 Å². The maximum Gasteiger partial charge on any atom is 0.337 e. The Morgan fingerprint density at radius 1 is 1.58 bits per heavy atom. The van der Waals surface area contributed by atoms with E-state index >= 15 is 0 Å². The Morgan fingerprint density at radius 3 is 3.05 bits per heavy atom. The molecule has 104 valence electrons. The first-order valence-electron chi connectivity index (χ1n) is 6.43. The molecule has 0 saturated carbocycles. The van der Waals surface area contributed by atoms with Crippen LogP contribution in [0.15, 0.2) is 18.2 Å². The van der Waals surface area contributed by atoms with Gasteiger partial charge in [-0.2, -0.15) is 0 Å². The first-order valence-corrected chi connectivity index (χ1v) is 6.81. The lowest BCUT2D eigenvalue weighted by Crippen LogP contribution is -2.49. The highest BCUT2D eigenvalue weighted by Crippen LogP contribution is 2.21. The zero-order valence-electron chi connectivity index (χ0n) is 11.3. The number of hydrogen-bond donors (Lipinski definition) is 1. The highest BCUT2D eigenvalue weighted by atomic mass is 35.5. The second-order valence-corrected chi connectivity index (χ2v) is 5.23. The standard InChI is InChI=1S/C14H19ClN2O2/c1-10-8-16-5-6-17(10)9-12-7-11(14(18)19-2)3-4-13(12)15/h3-4,7,10,16H,5-6,8-9H2,1-2H3. The highest BCUT2D eigenvalue weighted by Gasteiger charge is 2.19. The second-order valence-electron chi connectivity index (χ2n) is 4.82. The van der Waals surface area contributed by atoms with Crippen LogP contribution < -0.4 is 5.32 Å². The average molecular weight is 283 g/mol. The molecule has 5 heteroatoms. The summed E-state index contributed by atoms with van der Waals surface area (Å²) in [5.41, 5.74) is 1.52. The molecule has 0 bridgehead atoms. The van der Waals surface area contributed by atoms with Gasteiger partial charge in [-0.05, 0) is 30.7 Å². The van der Waals surface area contributed by atoms with Crippen LogP contribution in [0.1, 0.15) is 22.8 Å². The predicted octanol–water partition coefficient (Wildman–Crippen LogP) is 1.92. The van der Waals surface area contributed by atoms with Crippen molar-refractivity contribution in [2.24, 2.45) is 0 Å². The molecular formula is C14H19ClN2O2. The number of methoxy groups -OCH3 is 1. The molecule has 4 nitrogen and oxygen atoms in total. The number of nitrogens with one attached hydrogen (secondary N) is 1. The van der Waals surface area contributed by atoms with Gasteiger partial charge in [-0.3, -0.25) is 4.90 Å². The van der Waals surface area contributed by atoms with E-state index < -0.39 is 0 Å². The summed E-state index contributed by atoms with van der Waals surface area (Å²) < 4.78 is 4.74. The lowest BCUT2D eigenvalue weighted by atomic mass is 10.1. The molecule has 1 N–H and O–H groups in total. The fourth-order valence-corrected chi connectivity index (χ4v) is 2.45. The summed E-state index contributed by atoms with van der Waals surface area (Å²) in [6.45, 7) is 5.89. The van der Waals surface area contributed by atoms with E-state index in [1.807, 2.05) is 6.07 Å². The number of piperazine rings is 1. The maximum atomic E-state index is 11.5. The van der Waals surface area contributed by atoms with Gasteiger partial charge in [0.25, 0.3) is 0 Å². The minimum atomic E-state index is -0.328. The summed E-state index contributed by atoms with van der Waals surface area (Å²) in [4.78, 5) is 13.9. The molecule has 1 aromatic rings. The Bertz CT molecular complexity index is 465. The fourth-order valence-electron chi connectivity index (χ4n) is 2.28. The van der Waals surface area contributed by atoms with Crippen molar-refractivity contribution in [1.82, 2.24) is 10.2 Å². The SMILES string of the molecule is COC(=O)c1ccc(Cl)c(CN2CCNCC2C)c1. The van der Waals surface area contributed by atoms with Crippen LogP contribution in [-0.2, 0) is 11.3 Å². The number of carbonyl (C=O) groups excluding carboxylic acids is 1. The van der Waals surface area contributed by atoms with Crippen LogP contribution in [0, 0.1) is 0 Å². The van der Waals surface area contributed by atoms with E-state index in [4.69, 9.17) is 16.3 Å². The molecule has 2 rings (SSSR count). The van der Waals surface area contributed by atoms with Crippen LogP contribution in [0.4, 0.5) is 0 Å². The molecule has 0 radical (unpaired) electrons. The van der Waals surface area contributed by atoms with E-state index in [0.717, 1.165) is 31.7 Å². The van der Waals surface area contributed by atoms with E-state index in [-0.39, 0.29) is 5.97 Å². The van der Waals surface area contributed by atoms with Gasteiger partial charge in [0.15, 0.2) is 0 Å². The number of rotatable bonds is 3. The number of halogens is 1. The summed E-state index contributed by atoms with van der Waals surface area (Å²) in [5, 5.41) is 4.05. The monoisotopic (exact) mass is 282 g/mol. The number of nitrogens with zero attached hydrogens (tertiary/aromatic N) is 1. The van der Waals surface area contributed by atoms with Crippen molar-refractivity contribution < 1.29 is 9.53 Å². The molecule has 1 aliphatic rings. The van der Waals surface area contributed by atoms with Crippen molar-refractivity contribution in [3.05, 3.63) is 34.3 Å². The molecule has 1 aliphatic heterocycles. The Hall–Kier alpha value is -1.10. The molecule has 1 fully saturated rings. The number of hydrogen-bond acceptors (Lipinski definition) is 4. The largest absolute Gasteiger partial charge is 0.465 e. The number of benzene rings is 1. The van der Waals surface area contributed by atoms with Gasteiger partial charge in [-0.1, -0.05) is 11.6 Å². The molecule has 1 saturated heterocycles. The quantitative estimate of drug-likeness (QED) is 0.860. The van der Waals surface area contributed by atoms with Gasteiger partial charge in [0.2, 0.25) is 0 Å². The summed E-state index contributed by atoms with van der Waals surface area (Å²) in [6.07, 6.45) is 0. The molecule has 1 aromatic carbocycles. The van der Waals surface area contributed by atoms with Crippen LogP contribution in [0.3, 0.4) is 0 Å². The molecule has 0 aliphatic carbocycles. The third-order valence-electron chi connectivity index (χ3n) is 3.48. The molecule has 1 heterocycles. The Labute approximate surface area is 118 Å². The minimum absolute atomic E-state index is 0.328. The molecular weight excluding hydrogens is 264 g/mol. The van der Waals surface area contributed by atoms with Crippen LogP contribution in [-0.4, -0.2) is 43.7 Å². The first-order chi connectivity index (χ1) is 9.11. The van der Waals surface area contributed by atoms with Gasteiger partial charge >= 0.3 is 5.97 Å². The van der Waals surface area contributed by atoms with Gasteiger partial charge in [0, 0.05) is 37.2 Å². The van der Waals surface area contributed by atoms with Gasteiger partial charge < -0.3 is 10.1 Å². The molecule has 1 unspecified atom stereocenters. The smallest absolute Gasteiger partial charge is 0.337 e. The van der Waals surface area contributed by atoms with Crippen LogP contribution in [0.25, 0.3) is 0 Å². The lowest BCUT2D eigenvalue weighted by molar-refractivity contribution is 0.0600. The summed E-state index contributed by atoms with van der Waals surface area (Å²) >= 11 is 6.22.